The van der Waals surface area contributed by atoms with Crippen molar-refractivity contribution in [3.8, 4) is 0 Å². The maximum atomic E-state index is 12.6. The second kappa shape index (κ2) is 7.66. The first-order chi connectivity index (χ1) is 11.6. The van der Waals surface area contributed by atoms with Crippen molar-refractivity contribution < 1.29 is 13.2 Å². The van der Waals surface area contributed by atoms with Crippen LogP contribution in [-0.2, 0) is 21.1 Å². The lowest BCUT2D eigenvalue weighted by Crippen LogP contribution is -2.45. The summed E-state index contributed by atoms with van der Waals surface area (Å²) in [6.07, 6.45) is 4.21. The molecule has 0 aliphatic carbocycles. The van der Waals surface area contributed by atoms with Crippen LogP contribution in [0.5, 0.6) is 0 Å². The van der Waals surface area contributed by atoms with Crippen LogP contribution in [-0.4, -0.2) is 55.9 Å². The van der Waals surface area contributed by atoms with E-state index in [1.165, 1.54) is 0 Å². The van der Waals surface area contributed by atoms with Crippen molar-refractivity contribution in [2.75, 3.05) is 24.6 Å². The molecule has 1 aromatic carbocycles. The van der Waals surface area contributed by atoms with Gasteiger partial charge < -0.3 is 10.2 Å². The minimum atomic E-state index is -3.34. The molecule has 2 aliphatic heterocycles. The molecule has 2 heterocycles. The van der Waals surface area contributed by atoms with Gasteiger partial charge in [0, 0.05) is 18.6 Å². The summed E-state index contributed by atoms with van der Waals surface area (Å²) in [4.78, 5) is 14.4. The predicted molar refractivity (Wildman–Crippen MR) is 94.6 cm³/mol. The molecule has 2 saturated heterocycles. The molecule has 0 radical (unpaired) electrons. The van der Waals surface area contributed by atoms with E-state index in [-0.39, 0.29) is 29.5 Å². The van der Waals surface area contributed by atoms with Crippen molar-refractivity contribution in [3.05, 3.63) is 35.9 Å². The number of sulfone groups is 1. The molecule has 0 spiro atoms. The van der Waals surface area contributed by atoms with Crippen molar-refractivity contribution in [2.24, 2.45) is 0 Å². The van der Waals surface area contributed by atoms with E-state index in [4.69, 9.17) is 0 Å². The number of rotatable bonds is 6. The van der Waals surface area contributed by atoms with Gasteiger partial charge in [-0.1, -0.05) is 30.3 Å². The average Bonchev–Trinajstić information content (AvgIpc) is 2.81. The lowest BCUT2D eigenvalue weighted by Gasteiger charge is -2.27. The summed E-state index contributed by atoms with van der Waals surface area (Å²) < 4.78 is 24.7. The third-order valence-corrected chi connectivity index (χ3v) is 6.65. The third-order valence-electron chi connectivity index (χ3n) is 5.05. The number of carbonyl (C=O) groups excluding carboxylic acids is 1. The fraction of sp³-hybridized carbons (Fsp3) is 0.611. The largest absolute Gasteiger partial charge is 0.335 e. The van der Waals surface area contributed by atoms with Gasteiger partial charge in [-0.05, 0) is 44.2 Å². The fourth-order valence-corrected chi connectivity index (χ4v) is 5.12. The maximum absolute atomic E-state index is 12.6. The lowest BCUT2D eigenvalue weighted by atomic mass is 10.1. The zero-order chi connectivity index (χ0) is 17.0. The lowest BCUT2D eigenvalue weighted by molar-refractivity contribution is -0.130. The molecule has 132 valence electrons. The molecule has 1 N–H and O–H groups in total. The van der Waals surface area contributed by atoms with Crippen molar-refractivity contribution in [1.82, 2.24) is 10.2 Å². The Morgan fingerprint density at radius 2 is 1.88 bits per heavy atom. The van der Waals surface area contributed by atoms with E-state index >= 15 is 0 Å². The Morgan fingerprint density at radius 3 is 2.67 bits per heavy atom. The zero-order valence-electron chi connectivity index (χ0n) is 14.0. The third kappa shape index (κ3) is 4.36. The van der Waals surface area contributed by atoms with Gasteiger partial charge in [-0.2, -0.15) is 0 Å². The Hall–Kier alpha value is -1.40. The van der Waals surface area contributed by atoms with Gasteiger partial charge in [-0.15, -0.1) is 0 Å². The monoisotopic (exact) mass is 350 g/mol. The topological polar surface area (TPSA) is 66.5 Å². The van der Waals surface area contributed by atoms with Crippen molar-refractivity contribution in [1.29, 1.82) is 0 Å². The number of nitrogens with zero attached hydrogens (tertiary/aromatic N) is 1. The highest BCUT2D eigenvalue weighted by atomic mass is 32.2. The molecular formula is C18H26N2O3S. The normalized spacial score (nSPS) is 23.9. The number of carbonyl (C=O) groups is 1. The Morgan fingerprint density at radius 1 is 1.12 bits per heavy atom. The van der Waals surface area contributed by atoms with E-state index in [0.717, 1.165) is 44.3 Å². The smallest absolute Gasteiger partial charge is 0.238 e. The minimum Gasteiger partial charge on any atom is -0.335 e. The Bertz CT molecular complexity index is 646. The standard InChI is InChI=1S/C18H26N2O3S/c21-18(20-16-8-9-17(20)13-19-11-10-16)14-24(22,23)12-4-7-15-5-2-1-3-6-15/h1-3,5-6,16-17,19H,4,7-14H2. The van der Waals surface area contributed by atoms with Crippen LogP contribution < -0.4 is 5.32 Å². The van der Waals surface area contributed by atoms with Crippen molar-refractivity contribution in [3.63, 3.8) is 0 Å². The summed E-state index contributed by atoms with van der Waals surface area (Å²) in [6, 6.07) is 10.2. The van der Waals surface area contributed by atoms with Gasteiger partial charge in [0.15, 0.2) is 9.84 Å². The Kier molecular flexibility index (Phi) is 5.56. The number of aryl methyl sites for hydroxylation is 1. The van der Waals surface area contributed by atoms with E-state index in [1.54, 1.807) is 0 Å². The molecule has 0 aromatic heterocycles. The molecule has 6 heteroatoms. The van der Waals surface area contributed by atoms with Crippen LogP contribution in [0.2, 0.25) is 0 Å². The van der Waals surface area contributed by atoms with E-state index in [9.17, 15) is 13.2 Å². The zero-order valence-corrected chi connectivity index (χ0v) is 14.8. The SMILES string of the molecule is O=C(CS(=O)(=O)CCCc1ccccc1)N1C2CCNCC1CC2. The summed E-state index contributed by atoms with van der Waals surface area (Å²) in [5, 5.41) is 3.34. The maximum Gasteiger partial charge on any atom is 0.238 e. The second-order valence-corrected chi connectivity index (χ2v) is 9.04. The molecule has 3 rings (SSSR count). The average molecular weight is 350 g/mol. The van der Waals surface area contributed by atoms with Crippen LogP contribution in [0.1, 0.15) is 31.2 Å². The molecule has 2 bridgehead atoms. The Labute approximate surface area is 144 Å². The molecule has 0 saturated carbocycles. The molecular weight excluding hydrogens is 324 g/mol. The molecule has 2 aliphatic rings. The molecule has 2 unspecified atom stereocenters. The van der Waals surface area contributed by atoms with Gasteiger partial charge in [0.1, 0.15) is 5.75 Å². The summed E-state index contributed by atoms with van der Waals surface area (Å²) in [5.41, 5.74) is 1.13. The summed E-state index contributed by atoms with van der Waals surface area (Å²) in [7, 11) is -3.34. The van der Waals surface area contributed by atoms with E-state index in [1.807, 2.05) is 35.2 Å². The van der Waals surface area contributed by atoms with E-state index in [2.05, 4.69) is 5.32 Å². The predicted octanol–water partition coefficient (Wildman–Crippen LogP) is 1.39. The number of nitrogens with one attached hydrogen (secondary N) is 1. The first-order valence-electron chi connectivity index (χ1n) is 8.81. The minimum absolute atomic E-state index is 0.0784. The summed E-state index contributed by atoms with van der Waals surface area (Å²) >= 11 is 0. The molecule has 1 aromatic rings. The van der Waals surface area contributed by atoms with E-state index in [0.29, 0.717) is 6.42 Å². The van der Waals surface area contributed by atoms with Crippen LogP contribution in [0.3, 0.4) is 0 Å². The van der Waals surface area contributed by atoms with Crippen LogP contribution in [0, 0.1) is 0 Å². The fourth-order valence-electron chi connectivity index (χ4n) is 3.87. The number of hydrogen-bond acceptors (Lipinski definition) is 4. The highest BCUT2D eigenvalue weighted by Crippen LogP contribution is 2.28. The summed E-state index contributed by atoms with van der Waals surface area (Å²) in [5.74, 6) is -0.463. The summed E-state index contributed by atoms with van der Waals surface area (Å²) in [6.45, 7) is 1.70. The first-order valence-corrected chi connectivity index (χ1v) is 10.6. The number of benzene rings is 1. The van der Waals surface area contributed by atoms with Gasteiger partial charge in [0.25, 0.3) is 0 Å². The molecule has 1 amide bonds. The van der Waals surface area contributed by atoms with Gasteiger partial charge in [0.05, 0.1) is 5.75 Å². The number of amides is 1. The highest BCUT2D eigenvalue weighted by Gasteiger charge is 2.38. The molecule has 2 atom stereocenters. The van der Waals surface area contributed by atoms with Gasteiger partial charge in [-0.3, -0.25) is 4.79 Å². The van der Waals surface area contributed by atoms with Crippen LogP contribution in [0.15, 0.2) is 30.3 Å². The second-order valence-electron chi connectivity index (χ2n) is 6.86. The first kappa shape index (κ1) is 17.4. The van der Waals surface area contributed by atoms with Crippen LogP contribution in [0.25, 0.3) is 0 Å². The van der Waals surface area contributed by atoms with Crippen LogP contribution >= 0.6 is 0 Å². The quantitative estimate of drug-likeness (QED) is 0.842. The Balaban J connectivity index is 1.53. The van der Waals surface area contributed by atoms with E-state index < -0.39 is 9.84 Å². The van der Waals surface area contributed by atoms with Crippen molar-refractivity contribution >= 4 is 15.7 Å². The van der Waals surface area contributed by atoms with Gasteiger partial charge in [0.2, 0.25) is 5.91 Å². The van der Waals surface area contributed by atoms with Gasteiger partial charge in [-0.25, -0.2) is 8.42 Å². The molecule has 2 fully saturated rings. The number of hydrogen-bond donors (Lipinski definition) is 1. The highest BCUT2D eigenvalue weighted by molar-refractivity contribution is 7.92. The number of fused-ring (bicyclic) bond motifs is 2. The molecule has 5 nitrogen and oxygen atoms in total. The van der Waals surface area contributed by atoms with Gasteiger partial charge >= 0.3 is 0 Å². The van der Waals surface area contributed by atoms with Crippen molar-refractivity contribution in [2.45, 2.75) is 44.2 Å². The van der Waals surface area contributed by atoms with Crippen LogP contribution in [0.4, 0.5) is 0 Å². The molecule has 24 heavy (non-hydrogen) atoms.